The molecular formula is C7H15NO. The summed E-state index contributed by atoms with van der Waals surface area (Å²) < 4.78 is 5.41. The van der Waals surface area contributed by atoms with Crippen LogP contribution in [0.25, 0.3) is 0 Å². The summed E-state index contributed by atoms with van der Waals surface area (Å²) in [6, 6.07) is 0.654. The summed E-state index contributed by atoms with van der Waals surface area (Å²) in [6.45, 7) is 6.12. The molecule has 2 atom stereocenters. The fraction of sp³-hybridized carbons (Fsp3) is 1.00. The molecule has 0 aromatic rings. The first-order chi connectivity index (χ1) is 4.33. The zero-order valence-corrected chi connectivity index (χ0v) is 6.18. The zero-order valence-electron chi connectivity index (χ0n) is 6.18. The smallest absolute Gasteiger partial charge is 0.0714 e. The molecule has 9 heavy (non-hydrogen) atoms. The molecule has 1 N–H and O–H groups in total. The van der Waals surface area contributed by atoms with Crippen molar-refractivity contribution in [3.05, 3.63) is 0 Å². The fourth-order valence-electron chi connectivity index (χ4n) is 1.26. The Morgan fingerprint density at radius 1 is 1.67 bits per heavy atom. The molecule has 1 heterocycles. The van der Waals surface area contributed by atoms with E-state index in [1.807, 2.05) is 6.92 Å². The van der Waals surface area contributed by atoms with Gasteiger partial charge in [-0.05, 0) is 20.3 Å². The maximum absolute atomic E-state index is 5.41. The van der Waals surface area contributed by atoms with Gasteiger partial charge in [0.15, 0.2) is 0 Å². The van der Waals surface area contributed by atoms with Crippen molar-refractivity contribution in [1.82, 2.24) is 5.32 Å². The normalized spacial score (nSPS) is 35.3. The maximum Gasteiger partial charge on any atom is 0.0714 e. The van der Waals surface area contributed by atoms with Gasteiger partial charge in [0.25, 0.3) is 0 Å². The maximum atomic E-state index is 5.41. The predicted molar refractivity (Wildman–Crippen MR) is 37.5 cm³/mol. The molecule has 1 aliphatic heterocycles. The molecule has 0 bridgehead atoms. The monoisotopic (exact) mass is 129 g/mol. The van der Waals surface area contributed by atoms with Crippen LogP contribution in [0, 0.1) is 0 Å². The lowest BCUT2D eigenvalue weighted by Gasteiger charge is -2.06. The summed E-state index contributed by atoms with van der Waals surface area (Å²) >= 11 is 0. The van der Waals surface area contributed by atoms with Gasteiger partial charge in [-0.1, -0.05) is 0 Å². The van der Waals surface area contributed by atoms with Crippen LogP contribution >= 0.6 is 0 Å². The minimum absolute atomic E-state index is 0.477. The molecule has 0 aromatic heterocycles. The average molecular weight is 129 g/mol. The summed E-state index contributed by atoms with van der Waals surface area (Å²) in [7, 11) is 0. The second kappa shape index (κ2) is 3.18. The number of ether oxygens (including phenoxy) is 1. The Balaban J connectivity index is 2.14. The lowest BCUT2D eigenvalue weighted by atomic mass is 10.2. The highest BCUT2D eigenvalue weighted by Crippen LogP contribution is 2.08. The van der Waals surface area contributed by atoms with Crippen LogP contribution in [-0.4, -0.2) is 25.3 Å². The molecule has 1 saturated heterocycles. The van der Waals surface area contributed by atoms with E-state index in [9.17, 15) is 0 Å². The van der Waals surface area contributed by atoms with Gasteiger partial charge in [0.1, 0.15) is 0 Å². The fourth-order valence-corrected chi connectivity index (χ4v) is 1.26. The second-order valence-corrected chi connectivity index (χ2v) is 2.62. The van der Waals surface area contributed by atoms with Crippen LogP contribution in [0.4, 0.5) is 0 Å². The molecular weight excluding hydrogens is 114 g/mol. The van der Waals surface area contributed by atoms with Gasteiger partial charge >= 0.3 is 0 Å². The molecule has 1 rings (SSSR count). The molecule has 0 aliphatic carbocycles. The van der Waals surface area contributed by atoms with Gasteiger partial charge in [-0.2, -0.15) is 0 Å². The van der Waals surface area contributed by atoms with Gasteiger partial charge in [-0.15, -0.1) is 0 Å². The van der Waals surface area contributed by atoms with Gasteiger partial charge in [0.2, 0.25) is 0 Å². The van der Waals surface area contributed by atoms with Gasteiger partial charge < -0.3 is 10.1 Å². The Kier molecular flexibility index (Phi) is 2.49. The van der Waals surface area contributed by atoms with Gasteiger partial charge in [0, 0.05) is 19.2 Å². The van der Waals surface area contributed by atoms with E-state index in [0.29, 0.717) is 12.1 Å². The summed E-state index contributed by atoms with van der Waals surface area (Å²) in [5, 5.41) is 3.33. The lowest BCUT2D eigenvalue weighted by Crippen LogP contribution is -2.18. The van der Waals surface area contributed by atoms with Crippen LogP contribution in [0.1, 0.15) is 20.3 Å². The molecule has 2 heteroatoms. The van der Waals surface area contributed by atoms with Crippen LogP contribution in [0.2, 0.25) is 0 Å². The van der Waals surface area contributed by atoms with Crippen LogP contribution in [0.5, 0.6) is 0 Å². The average Bonchev–Trinajstić information content (AvgIpc) is 2.17. The molecule has 2 nitrogen and oxygen atoms in total. The third-order valence-corrected chi connectivity index (χ3v) is 1.71. The van der Waals surface area contributed by atoms with E-state index in [1.54, 1.807) is 0 Å². The minimum atomic E-state index is 0.477. The van der Waals surface area contributed by atoms with Crippen LogP contribution in [0.15, 0.2) is 0 Å². The van der Waals surface area contributed by atoms with E-state index in [2.05, 4.69) is 12.2 Å². The zero-order chi connectivity index (χ0) is 6.69. The summed E-state index contributed by atoms with van der Waals surface area (Å²) in [4.78, 5) is 0. The van der Waals surface area contributed by atoms with E-state index in [0.717, 1.165) is 13.2 Å². The quantitative estimate of drug-likeness (QED) is 0.594. The summed E-state index contributed by atoms with van der Waals surface area (Å²) in [5.74, 6) is 0. The Morgan fingerprint density at radius 3 is 2.89 bits per heavy atom. The molecule has 0 aromatic carbocycles. The van der Waals surface area contributed by atoms with E-state index in [-0.39, 0.29) is 0 Å². The highest BCUT2D eigenvalue weighted by molar-refractivity contribution is 4.78. The first-order valence-electron chi connectivity index (χ1n) is 3.68. The topological polar surface area (TPSA) is 21.3 Å². The minimum Gasteiger partial charge on any atom is -0.377 e. The Hall–Kier alpha value is -0.0800. The molecule has 0 amide bonds. The Bertz CT molecular complexity index is 83.0. The van der Waals surface area contributed by atoms with E-state index in [1.165, 1.54) is 6.42 Å². The van der Waals surface area contributed by atoms with E-state index >= 15 is 0 Å². The first kappa shape index (κ1) is 7.03. The van der Waals surface area contributed by atoms with Crippen molar-refractivity contribution in [3.63, 3.8) is 0 Å². The first-order valence-corrected chi connectivity index (χ1v) is 3.68. The number of hydrogen-bond donors (Lipinski definition) is 1. The molecule has 0 unspecified atom stereocenters. The molecule has 1 fully saturated rings. The Morgan fingerprint density at radius 2 is 2.44 bits per heavy atom. The van der Waals surface area contributed by atoms with Crippen molar-refractivity contribution in [2.24, 2.45) is 0 Å². The van der Waals surface area contributed by atoms with Crippen LogP contribution in [0.3, 0.4) is 0 Å². The van der Waals surface area contributed by atoms with Crippen molar-refractivity contribution in [1.29, 1.82) is 0 Å². The van der Waals surface area contributed by atoms with Crippen molar-refractivity contribution < 1.29 is 4.74 Å². The van der Waals surface area contributed by atoms with Crippen molar-refractivity contribution in [2.45, 2.75) is 32.4 Å². The third kappa shape index (κ3) is 1.95. The summed E-state index contributed by atoms with van der Waals surface area (Å²) in [6.07, 6.45) is 1.65. The van der Waals surface area contributed by atoms with Gasteiger partial charge in [0.05, 0.1) is 6.10 Å². The summed E-state index contributed by atoms with van der Waals surface area (Å²) in [5.41, 5.74) is 0. The predicted octanol–water partition coefficient (Wildman–Crippen LogP) is 0.773. The Labute approximate surface area is 56.6 Å². The lowest BCUT2D eigenvalue weighted by molar-refractivity contribution is 0.0761. The molecule has 0 radical (unpaired) electrons. The van der Waals surface area contributed by atoms with Crippen LogP contribution in [-0.2, 0) is 4.74 Å². The van der Waals surface area contributed by atoms with E-state index < -0.39 is 0 Å². The SMILES string of the molecule is CCO[C@@H]1CN[C@@H](C)C1. The van der Waals surface area contributed by atoms with Gasteiger partial charge in [-0.3, -0.25) is 0 Å². The van der Waals surface area contributed by atoms with Gasteiger partial charge in [-0.25, -0.2) is 0 Å². The number of nitrogens with one attached hydrogen (secondary N) is 1. The highest BCUT2D eigenvalue weighted by atomic mass is 16.5. The third-order valence-electron chi connectivity index (χ3n) is 1.71. The largest absolute Gasteiger partial charge is 0.377 e. The number of hydrogen-bond acceptors (Lipinski definition) is 2. The number of rotatable bonds is 2. The molecule has 0 saturated carbocycles. The second-order valence-electron chi connectivity index (χ2n) is 2.62. The highest BCUT2D eigenvalue weighted by Gasteiger charge is 2.19. The molecule has 54 valence electrons. The van der Waals surface area contributed by atoms with Crippen LogP contribution < -0.4 is 5.32 Å². The van der Waals surface area contributed by atoms with Crippen molar-refractivity contribution in [2.75, 3.05) is 13.2 Å². The molecule has 1 aliphatic rings. The van der Waals surface area contributed by atoms with E-state index in [4.69, 9.17) is 4.74 Å². The molecule has 0 spiro atoms. The van der Waals surface area contributed by atoms with Crippen molar-refractivity contribution >= 4 is 0 Å². The van der Waals surface area contributed by atoms with Crippen molar-refractivity contribution in [3.8, 4) is 0 Å². The standard InChI is InChI=1S/C7H15NO/c1-3-9-7-4-6(2)8-5-7/h6-8H,3-5H2,1-2H3/t6-,7-/m0/s1.